The molecule has 28 heavy (non-hydrogen) atoms. The summed E-state index contributed by atoms with van der Waals surface area (Å²) < 4.78 is 28.0. The van der Waals surface area contributed by atoms with Crippen LogP contribution >= 0.6 is 11.3 Å². The van der Waals surface area contributed by atoms with Gasteiger partial charge in [0.15, 0.2) is 0 Å². The number of carbonyl (C=O) groups excluding carboxylic acids is 1. The van der Waals surface area contributed by atoms with E-state index in [1.54, 1.807) is 14.1 Å². The highest BCUT2D eigenvalue weighted by Gasteiger charge is 2.43. The van der Waals surface area contributed by atoms with Crippen LogP contribution in [-0.2, 0) is 23.9 Å². The number of thiophene rings is 1. The van der Waals surface area contributed by atoms with Gasteiger partial charge in [0.1, 0.15) is 11.6 Å². The SMILES string of the molecule is Cn1cnnc1S(=O)(=O)C1CN(C(=O)c2cn(C)c(=O)cc2-c2cccs2)C1. The molecule has 1 fully saturated rings. The summed E-state index contributed by atoms with van der Waals surface area (Å²) in [5.41, 5.74) is 0.716. The van der Waals surface area contributed by atoms with Gasteiger partial charge in [0.2, 0.25) is 15.0 Å². The molecular formula is C17H17N5O4S2. The van der Waals surface area contributed by atoms with Crippen molar-refractivity contribution in [2.45, 2.75) is 10.4 Å². The van der Waals surface area contributed by atoms with Crippen molar-refractivity contribution in [2.24, 2.45) is 14.1 Å². The van der Waals surface area contributed by atoms with E-state index in [-0.39, 0.29) is 29.7 Å². The van der Waals surface area contributed by atoms with Gasteiger partial charge in [-0.1, -0.05) is 6.07 Å². The lowest BCUT2D eigenvalue weighted by atomic mass is 10.1. The van der Waals surface area contributed by atoms with E-state index < -0.39 is 15.1 Å². The maximum absolute atomic E-state index is 13.0. The zero-order valence-corrected chi connectivity index (χ0v) is 16.8. The molecule has 1 aliphatic heterocycles. The highest BCUT2D eigenvalue weighted by Crippen LogP contribution is 2.30. The van der Waals surface area contributed by atoms with Gasteiger partial charge in [-0.05, 0) is 11.4 Å². The molecule has 0 spiro atoms. The summed E-state index contributed by atoms with van der Waals surface area (Å²) in [5, 5.41) is 8.32. The van der Waals surface area contributed by atoms with Gasteiger partial charge in [0, 0.05) is 49.9 Å². The molecule has 3 aromatic heterocycles. The van der Waals surface area contributed by atoms with E-state index in [0.29, 0.717) is 11.1 Å². The zero-order valence-electron chi connectivity index (χ0n) is 15.1. The van der Waals surface area contributed by atoms with Crippen molar-refractivity contribution in [3.63, 3.8) is 0 Å². The first-order chi connectivity index (χ1) is 13.3. The number of carbonyl (C=O) groups is 1. The highest BCUT2D eigenvalue weighted by molar-refractivity contribution is 7.92. The molecule has 0 radical (unpaired) electrons. The molecule has 0 bridgehead atoms. The van der Waals surface area contributed by atoms with E-state index in [0.717, 1.165) is 4.88 Å². The lowest BCUT2D eigenvalue weighted by Crippen LogP contribution is -2.57. The van der Waals surface area contributed by atoms with Crippen LogP contribution in [0.1, 0.15) is 10.4 Å². The van der Waals surface area contributed by atoms with E-state index in [1.807, 2.05) is 17.5 Å². The third kappa shape index (κ3) is 2.96. The van der Waals surface area contributed by atoms with Gasteiger partial charge in [-0.2, -0.15) is 0 Å². The predicted molar refractivity (Wildman–Crippen MR) is 103 cm³/mol. The van der Waals surface area contributed by atoms with E-state index >= 15 is 0 Å². The number of amides is 1. The normalized spacial score (nSPS) is 14.9. The Kier molecular flexibility index (Phi) is 4.42. The third-order valence-corrected chi connectivity index (χ3v) is 7.70. The molecule has 146 valence electrons. The van der Waals surface area contributed by atoms with Crippen molar-refractivity contribution in [1.82, 2.24) is 24.2 Å². The van der Waals surface area contributed by atoms with Crippen molar-refractivity contribution in [1.29, 1.82) is 0 Å². The number of sulfone groups is 1. The number of aryl methyl sites for hydroxylation is 2. The molecule has 0 aromatic carbocycles. The molecule has 0 atom stereocenters. The number of hydrogen-bond donors (Lipinski definition) is 0. The molecule has 0 saturated carbocycles. The smallest absolute Gasteiger partial charge is 0.256 e. The molecule has 0 unspecified atom stereocenters. The average molecular weight is 419 g/mol. The fourth-order valence-corrected chi connectivity index (χ4v) is 5.50. The minimum atomic E-state index is -3.66. The van der Waals surface area contributed by atoms with Crippen LogP contribution in [0.5, 0.6) is 0 Å². The maximum Gasteiger partial charge on any atom is 0.256 e. The Morgan fingerprint density at radius 2 is 2.00 bits per heavy atom. The van der Waals surface area contributed by atoms with E-state index in [9.17, 15) is 18.0 Å². The van der Waals surface area contributed by atoms with Crippen molar-refractivity contribution >= 4 is 27.1 Å². The minimum absolute atomic E-state index is 0.0702. The molecule has 3 aromatic rings. The van der Waals surface area contributed by atoms with Gasteiger partial charge < -0.3 is 14.0 Å². The average Bonchev–Trinajstić information content (AvgIpc) is 3.26. The summed E-state index contributed by atoms with van der Waals surface area (Å²) in [5.74, 6) is -0.302. The lowest BCUT2D eigenvalue weighted by Gasteiger charge is -2.38. The summed E-state index contributed by atoms with van der Waals surface area (Å²) in [6, 6.07) is 5.12. The number of hydrogen-bond acceptors (Lipinski definition) is 7. The standard InChI is InChI=1S/C17H17N5O4S2/c1-20-9-13(12(6-15(20)23)14-4-3-5-27-14)16(24)22-7-11(8-22)28(25,26)17-19-18-10-21(17)2/h3-6,9-11H,7-8H2,1-2H3. The number of rotatable bonds is 4. The van der Waals surface area contributed by atoms with Crippen LogP contribution in [0, 0.1) is 0 Å². The molecule has 1 aliphatic rings. The molecule has 0 N–H and O–H groups in total. The largest absolute Gasteiger partial charge is 0.336 e. The molecular weight excluding hydrogens is 402 g/mol. The summed E-state index contributed by atoms with van der Waals surface area (Å²) >= 11 is 1.43. The van der Waals surface area contributed by atoms with Gasteiger partial charge in [0.05, 0.1) is 5.56 Å². The summed E-state index contributed by atoms with van der Waals surface area (Å²) in [7, 11) is -0.524. The second kappa shape index (κ2) is 6.67. The van der Waals surface area contributed by atoms with Gasteiger partial charge >= 0.3 is 0 Å². The van der Waals surface area contributed by atoms with Gasteiger partial charge in [-0.25, -0.2) is 8.42 Å². The number of nitrogens with zero attached hydrogens (tertiary/aromatic N) is 5. The van der Waals surface area contributed by atoms with Crippen LogP contribution in [0.2, 0.25) is 0 Å². The van der Waals surface area contributed by atoms with E-state index in [1.165, 1.54) is 44.0 Å². The van der Waals surface area contributed by atoms with Gasteiger partial charge in [-0.3, -0.25) is 9.59 Å². The van der Waals surface area contributed by atoms with Gasteiger partial charge in [0.25, 0.3) is 11.5 Å². The Hall–Kier alpha value is -2.79. The molecule has 1 amide bonds. The first-order valence-electron chi connectivity index (χ1n) is 8.41. The molecule has 0 aliphatic carbocycles. The number of likely N-dealkylation sites (tertiary alicyclic amines) is 1. The van der Waals surface area contributed by atoms with E-state index in [4.69, 9.17) is 0 Å². The number of pyridine rings is 1. The van der Waals surface area contributed by atoms with Crippen LogP contribution in [0.4, 0.5) is 0 Å². The Morgan fingerprint density at radius 3 is 2.61 bits per heavy atom. The first kappa shape index (κ1) is 18.6. The van der Waals surface area contributed by atoms with E-state index in [2.05, 4.69) is 10.2 Å². The molecule has 9 nitrogen and oxygen atoms in total. The van der Waals surface area contributed by atoms with Crippen molar-refractivity contribution in [2.75, 3.05) is 13.1 Å². The lowest BCUT2D eigenvalue weighted by molar-refractivity contribution is 0.0658. The Labute approximate surface area is 164 Å². The molecule has 11 heteroatoms. The summed E-state index contributed by atoms with van der Waals surface area (Å²) in [6.07, 6.45) is 2.83. The quantitative estimate of drug-likeness (QED) is 0.611. The maximum atomic E-state index is 13.0. The third-order valence-electron chi connectivity index (χ3n) is 4.74. The van der Waals surface area contributed by atoms with Crippen LogP contribution in [0.3, 0.4) is 0 Å². The molecule has 4 rings (SSSR count). The second-order valence-electron chi connectivity index (χ2n) is 6.63. The molecule has 4 heterocycles. The number of aromatic nitrogens is 4. The second-order valence-corrected chi connectivity index (χ2v) is 9.70. The van der Waals surface area contributed by atoms with Crippen molar-refractivity contribution < 1.29 is 13.2 Å². The summed E-state index contributed by atoms with van der Waals surface area (Å²) in [4.78, 5) is 27.4. The monoisotopic (exact) mass is 419 g/mol. The van der Waals surface area contributed by atoms with Crippen LogP contribution in [-0.4, -0.2) is 56.9 Å². The fourth-order valence-electron chi connectivity index (χ4n) is 3.09. The van der Waals surface area contributed by atoms with Crippen LogP contribution in [0.15, 0.2) is 46.1 Å². The molecule has 1 saturated heterocycles. The van der Waals surface area contributed by atoms with Crippen molar-refractivity contribution in [3.05, 3.63) is 52.0 Å². The summed E-state index contributed by atoms with van der Waals surface area (Å²) in [6.45, 7) is 0.140. The first-order valence-corrected chi connectivity index (χ1v) is 10.8. The topological polar surface area (TPSA) is 107 Å². The Bertz CT molecular complexity index is 1200. The van der Waals surface area contributed by atoms with Crippen LogP contribution < -0.4 is 5.56 Å². The van der Waals surface area contributed by atoms with Crippen LogP contribution in [0.25, 0.3) is 10.4 Å². The highest BCUT2D eigenvalue weighted by atomic mass is 32.2. The predicted octanol–water partition coefficient (Wildman–Crippen LogP) is 0.541. The van der Waals surface area contributed by atoms with Gasteiger partial charge in [-0.15, -0.1) is 21.5 Å². The zero-order chi connectivity index (χ0) is 20.1. The Morgan fingerprint density at radius 1 is 1.25 bits per heavy atom. The van der Waals surface area contributed by atoms with Crippen molar-refractivity contribution in [3.8, 4) is 10.4 Å². The Balaban J connectivity index is 1.60. The minimum Gasteiger partial charge on any atom is -0.336 e. The fraction of sp³-hybridized carbons (Fsp3) is 0.294.